The van der Waals surface area contributed by atoms with Gasteiger partial charge in [-0.05, 0) is 56.2 Å². The molecule has 1 amide bonds. The van der Waals surface area contributed by atoms with E-state index in [4.69, 9.17) is 0 Å². The maximum atomic E-state index is 12.4. The van der Waals surface area contributed by atoms with Crippen molar-refractivity contribution >= 4 is 5.91 Å². The summed E-state index contributed by atoms with van der Waals surface area (Å²) < 4.78 is 0. The van der Waals surface area contributed by atoms with Crippen LogP contribution in [-0.4, -0.2) is 43.0 Å². The van der Waals surface area contributed by atoms with Gasteiger partial charge >= 0.3 is 0 Å². The maximum Gasteiger partial charge on any atom is 0.220 e. The molecule has 0 aliphatic carbocycles. The molecule has 2 aliphatic rings. The van der Waals surface area contributed by atoms with E-state index in [1.54, 1.807) is 0 Å². The summed E-state index contributed by atoms with van der Waals surface area (Å²) >= 11 is 0. The molecular weight excluding hydrogens is 310 g/mol. The van der Waals surface area contributed by atoms with Gasteiger partial charge in [-0.2, -0.15) is 0 Å². The Bertz CT molecular complexity index is 519. The summed E-state index contributed by atoms with van der Waals surface area (Å²) in [7, 11) is 0. The summed E-state index contributed by atoms with van der Waals surface area (Å²) in [6.07, 6.45) is 5.26. The topological polar surface area (TPSA) is 44.4 Å². The summed E-state index contributed by atoms with van der Waals surface area (Å²) in [5, 5.41) is 6.70. The second-order valence-corrected chi connectivity index (χ2v) is 7.87. The molecule has 0 aromatic heterocycles. The number of nitrogens with zero attached hydrogens (tertiary/aromatic N) is 1. The summed E-state index contributed by atoms with van der Waals surface area (Å²) in [5.74, 6) is 1.47. The van der Waals surface area contributed by atoms with Crippen molar-refractivity contribution in [3.8, 4) is 0 Å². The third-order valence-electron chi connectivity index (χ3n) is 5.90. The Morgan fingerprint density at radius 1 is 1.16 bits per heavy atom. The van der Waals surface area contributed by atoms with E-state index in [0.29, 0.717) is 24.3 Å². The Labute approximate surface area is 152 Å². The van der Waals surface area contributed by atoms with Crippen molar-refractivity contribution in [3.05, 3.63) is 35.9 Å². The first kappa shape index (κ1) is 18.4. The molecule has 2 N–H and O–H groups in total. The Hall–Kier alpha value is -1.39. The molecule has 1 unspecified atom stereocenters. The van der Waals surface area contributed by atoms with Crippen LogP contribution in [-0.2, 0) is 11.3 Å². The third-order valence-corrected chi connectivity index (χ3v) is 5.90. The molecule has 1 aromatic carbocycles. The molecule has 25 heavy (non-hydrogen) atoms. The largest absolute Gasteiger partial charge is 0.353 e. The van der Waals surface area contributed by atoms with Crippen molar-refractivity contribution in [3.63, 3.8) is 0 Å². The van der Waals surface area contributed by atoms with E-state index in [9.17, 15) is 4.79 Å². The fourth-order valence-electron chi connectivity index (χ4n) is 4.24. The fraction of sp³-hybridized carbons (Fsp3) is 0.667. The molecule has 2 aliphatic heterocycles. The lowest BCUT2D eigenvalue weighted by atomic mass is 9.84. The number of carbonyl (C=O) groups is 1. The van der Waals surface area contributed by atoms with Gasteiger partial charge in [-0.25, -0.2) is 0 Å². The Morgan fingerprint density at radius 3 is 2.52 bits per heavy atom. The molecule has 3 rings (SSSR count). The van der Waals surface area contributed by atoms with Crippen molar-refractivity contribution < 1.29 is 4.79 Å². The van der Waals surface area contributed by atoms with Gasteiger partial charge in [0.1, 0.15) is 0 Å². The highest BCUT2D eigenvalue weighted by molar-refractivity contribution is 5.76. The number of nitrogens with one attached hydrogen (secondary N) is 2. The highest BCUT2D eigenvalue weighted by Gasteiger charge is 2.24. The minimum atomic E-state index is 0.257. The van der Waals surface area contributed by atoms with Gasteiger partial charge in [0.25, 0.3) is 0 Å². The average molecular weight is 344 g/mol. The van der Waals surface area contributed by atoms with Gasteiger partial charge in [-0.1, -0.05) is 37.3 Å². The minimum absolute atomic E-state index is 0.257. The van der Waals surface area contributed by atoms with E-state index >= 15 is 0 Å². The normalized spacial score (nSPS) is 21.8. The molecule has 2 saturated heterocycles. The van der Waals surface area contributed by atoms with Crippen LogP contribution in [0.15, 0.2) is 30.3 Å². The first-order valence-corrected chi connectivity index (χ1v) is 9.97. The van der Waals surface area contributed by atoms with E-state index in [1.807, 2.05) is 0 Å². The monoisotopic (exact) mass is 343 g/mol. The zero-order valence-electron chi connectivity index (χ0n) is 15.5. The van der Waals surface area contributed by atoms with Gasteiger partial charge < -0.3 is 10.6 Å². The zero-order chi connectivity index (χ0) is 17.5. The molecule has 0 saturated carbocycles. The first-order chi connectivity index (χ1) is 12.2. The number of amides is 1. The number of hydrogen-bond acceptors (Lipinski definition) is 3. The highest BCUT2D eigenvalue weighted by Crippen LogP contribution is 2.24. The molecule has 1 atom stereocenters. The van der Waals surface area contributed by atoms with Gasteiger partial charge in [-0.3, -0.25) is 9.69 Å². The van der Waals surface area contributed by atoms with Crippen molar-refractivity contribution in [2.75, 3.05) is 26.2 Å². The van der Waals surface area contributed by atoms with E-state index in [-0.39, 0.29) is 5.91 Å². The van der Waals surface area contributed by atoms with Crippen LogP contribution in [0, 0.1) is 11.8 Å². The predicted molar refractivity (Wildman–Crippen MR) is 102 cm³/mol. The van der Waals surface area contributed by atoms with Gasteiger partial charge in [0.05, 0.1) is 0 Å². The average Bonchev–Trinajstić information content (AvgIpc) is 2.65. The predicted octanol–water partition coefficient (Wildman–Crippen LogP) is 2.79. The summed E-state index contributed by atoms with van der Waals surface area (Å²) in [5.41, 5.74) is 1.38. The lowest BCUT2D eigenvalue weighted by molar-refractivity contribution is -0.123. The molecule has 2 fully saturated rings. The van der Waals surface area contributed by atoms with Crippen LogP contribution in [0.3, 0.4) is 0 Å². The number of hydrogen-bond donors (Lipinski definition) is 2. The Kier molecular flexibility index (Phi) is 6.88. The van der Waals surface area contributed by atoms with E-state index in [0.717, 1.165) is 45.6 Å². The SMILES string of the molecule is CC(CC(=O)NC1CCN(Cc2ccccc2)CC1)C1CCNCC1. The van der Waals surface area contributed by atoms with Crippen LogP contribution in [0.25, 0.3) is 0 Å². The quantitative estimate of drug-likeness (QED) is 0.835. The van der Waals surface area contributed by atoms with E-state index < -0.39 is 0 Å². The molecule has 138 valence electrons. The van der Waals surface area contributed by atoms with Crippen LogP contribution in [0.2, 0.25) is 0 Å². The lowest BCUT2D eigenvalue weighted by Crippen LogP contribution is -2.45. The molecule has 0 radical (unpaired) electrons. The molecule has 2 heterocycles. The molecule has 0 spiro atoms. The molecule has 0 bridgehead atoms. The van der Waals surface area contributed by atoms with Crippen molar-refractivity contribution in [1.29, 1.82) is 0 Å². The van der Waals surface area contributed by atoms with Gasteiger partial charge in [-0.15, -0.1) is 0 Å². The fourth-order valence-corrected chi connectivity index (χ4v) is 4.24. The molecular formula is C21H33N3O. The van der Waals surface area contributed by atoms with Gasteiger partial charge in [0.2, 0.25) is 5.91 Å². The second-order valence-electron chi connectivity index (χ2n) is 7.87. The number of likely N-dealkylation sites (tertiary alicyclic amines) is 1. The van der Waals surface area contributed by atoms with Crippen molar-refractivity contribution in [2.24, 2.45) is 11.8 Å². The minimum Gasteiger partial charge on any atom is -0.353 e. The van der Waals surface area contributed by atoms with Crippen molar-refractivity contribution in [1.82, 2.24) is 15.5 Å². The standard InChI is InChI=1S/C21H33N3O/c1-17(19-7-11-22-12-8-19)15-21(25)23-20-9-13-24(14-10-20)16-18-5-3-2-4-6-18/h2-6,17,19-20,22H,7-16H2,1H3,(H,23,25). The second kappa shape index (κ2) is 9.35. The number of benzene rings is 1. The van der Waals surface area contributed by atoms with Crippen LogP contribution in [0.5, 0.6) is 0 Å². The van der Waals surface area contributed by atoms with E-state index in [2.05, 4.69) is 52.8 Å². The lowest BCUT2D eigenvalue weighted by Gasteiger charge is -2.33. The Morgan fingerprint density at radius 2 is 1.84 bits per heavy atom. The van der Waals surface area contributed by atoms with Gasteiger partial charge in [0.15, 0.2) is 0 Å². The van der Waals surface area contributed by atoms with Crippen LogP contribution < -0.4 is 10.6 Å². The zero-order valence-corrected chi connectivity index (χ0v) is 15.5. The summed E-state index contributed by atoms with van der Waals surface area (Å²) in [4.78, 5) is 14.9. The van der Waals surface area contributed by atoms with E-state index in [1.165, 1.54) is 18.4 Å². The first-order valence-electron chi connectivity index (χ1n) is 9.97. The molecule has 4 nitrogen and oxygen atoms in total. The highest BCUT2D eigenvalue weighted by atomic mass is 16.1. The number of rotatable bonds is 6. The molecule has 1 aromatic rings. The van der Waals surface area contributed by atoms with Crippen molar-refractivity contribution in [2.45, 2.75) is 51.6 Å². The third kappa shape index (κ3) is 5.82. The van der Waals surface area contributed by atoms with Crippen LogP contribution in [0.4, 0.5) is 0 Å². The smallest absolute Gasteiger partial charge is 0.220 e. The number of carbonyl (C=O) groups excluding carboxylic acids is 1. The summed E-state index contributed by atoms with van der Waals surface area (Å²) in [6, 6.07) is 11.0. The Balaban J connectivity index is 1.36. The number of piperidine rings is 2. The van der Waals surface area contributed by atoms with Crippen LogP contribution >= 0.6 is 0 Å². The summed E-state index contributed by atoms with van der Waals surface area (Å²) in [6.45, 7) is 7.63. The molecule has 4 heteroatoms. The van der Waals surface area contributed by atoms with Crippen LogP contribution in [0.1, 0.15) is 44.6 Å². The maximum absolute atomic E-state index is 12.4. The van der Waals surface area contributed by atoms with Gasteiger partial charge in [0, 0.05) is 32.1 Å².